The summed E-state index contributed by atoms with van der Waals surface area (Å²) in [7, 11) is 0. The van der Waals surface area contributed by atoms with E-state index in [4.69, 9.17) is 11.6 Å². The number of halogens is 1. The maximum atomic E-state index is 5.73. The molecule has 0 heterocycles. The van der Waals surface area contributed by atoms with Crippen LogP contribution in [0, 0.1) is 0 Å². The molecule has 0 aromatic heterocycles. The van der Waals surface area contributed by atoms with Gasteiger partial charge in [-0.1, -0.05) is 40.8 Å². The van der Waals surface area contributed by atoms with E-state index in [-0.39, 0.29) is 0 Å². The van der Waals surface area contributed by atoms with Crippen LogP contribution in [0.2, 0.25) is 0 Å². The van der Waals surface area contributed by atoms with Gasteiger partial charge in [0, 0.05) is 0 Å². The summed E-state index contributed by atoms with van der Waals surface area (Å²) in [6.45, 7) is 5.42. The molecule has 0 spiro atoms. The van der Waals surface area contributed by atoms with E-state index < -0.39 is 0 Å². The van der Waals surface area contributed by atoms with Gasteiger partial charge in [-0.05, 0) is 6.92 Å². The van der Waals surface area contributed by atoms with Crippen molar-refractivity contribution in [2.75, 3.05) is 0 Å². The highest BCUT2D eigenvalue weighted by molar-refractivity contribution is 6.40. The van der Waals surface area contributed by atoms with Crippen LogP contribution >= 0.6 is 11.6 Å². The lowest BCUT2D eigenvalue weighted by Gasteiger charge is -1.90. The lowest BCUT2D eigenvalue weighted by Crippen LogP contribution is -1.77. The minimum absolute atomic E-state index is 0.643. The summed E-state index contributed by atoms with van der Waals surface area (Å²) in [4.78, 5) is 0. The fourth-order valence-electron chi connectivity index (χ4n) is 0.453. The molecule has 0 aliphatic heterocycles. The summed E-state index contributed by atoms with van der Waals surface area (Å²) in [6.07, 6.45) is 5.90. The Bertz CT molecular complexity index is 207. The molecular weight excluding hydrogens is 159 g/mol. The first-order valence-corrected chi connectivity index (χ1v) is 4.45. The molecule has 52 valence electrons. The van der Waals surface area contributed by atoms with Gasteiger partial charge in [-0.2, -0.15) is 0 Å². The average molecular weight is 169 g/mol. The van der Waals surface area contributed by atoms with Crippen molar-refractivity contribution >= 4 is 27.9 Å². The van der Waals surface area contributed by atoms with Crippen LogP contribution < -0.4 is 0 Å². The zero-order chi connectivity index (χ0) is 7.98. The molecule has 0 saturated carbocycles. The van der Waals surface area contributed by atoms with E-state index in [2.05, 4.69) is 12.3 Å². The summed E-state index contributed by atoms with van der Waals surface area (Å²) in [5, 5.41) is 0.643. The first kappa shape index (κ1) is 9.82. The molecule has 0 amide bonds. The van der Waals surface area contributed by atoms with Gasteiger partial charge in [0.15, 0.2) is 0 Å². The van der Waals surface area contributed by atoms with Gasteiger partial charge in [-0.25, -0.2) is 0 Å². The number of allylic oxidation sites excluding steroid dienone is 5. The average Bonchev–Trinajstić information content (AvgIpc) is 1.98. The van der Waals surface area contributed by atoms with Crippen molar-refractivity contribution in [2.45, 2.75) is 6.92 Å². The Morgan fingerprint density at radius 2 is 2.30 bits per heavy atom. The summed E-state index contributed by atoms with van der Waals surface area (Å²) in [6, 6.07) is 0. The lowest BCUT2D eigenvalue weighted by molar-refractivity contribution is 1.71. The fraction of sp³-hybridized carbons (Fsp3) is 0.125. The van der Waals surface area contributed by atoms with Gasteiger partial charge in [-0.3, -0.25) is 0 Å². The van der Waals surface area contributed by atoms with Crippen LogP contribution in [0.4, 0.5) is 0 Å². The van der Waals surface area contributed by atoms with Crippen molar-refractivity contribution in [1.82, 2.24) is 0 Å². The third kappa shape index (κ3) is 3.77. The largest absolute Gasteiger partial charge is 0.262 e. The Morgan fingerprint density at radius 1 is 1.70 bits per heavy atom. The second-order valence-corrected chi connectivity index (χ2v) is 3.32. The number of hydrogen-bond donors (Lipinski definition) is 0. The predicted octanol–water partition coefficient (Wildman–Crippen LogP) is 1.99. The third-order valence-electron chi connectivity index (χ3n) is 1.04. The van der Waals surface area contributed by atoms with E-state index >= 15 is 0 Å². The molecule has 0 rings (SSSR count). The van der Waals surface area contributed by atoms with E-state index in [9.17, 15) is 0 Å². The first-order valence-electron chi connectivity index (χ1n) is 3.08. The number of hydrogen-bond acceptors (Lipinski definition) is 0. The Balaban J connectivity index is 4.34. The van der Waals surface area contributed by atoms with Crippen LogP contribution in [0.15, 0.2) is 40.0 Å². The quantitative estimate of drug-likeness (QED) is 0.336. The third-order valence-corrected chi connectivity index (χ3v) is 2.62. The van der Waals surface area contributed by atoms with E-state index in [1.165, 1.54) is 0 Å². The van der Waals surface area contributed by atoms with E-state index in [0.717, 1.165) is 20.7 Å². The lowest BCUT2D eigenvalue weighted by atomic mass is 10.4. The van der Waals surface area contributed by atoms with Crippen LogP contribution in [0.25, 0.3) is 0 Å². The van der Waals surface area contributed by atoms with E-state index in [1.807, 2.05) is 25.2 Å². The van der Waals surface area contributed by atoms with E-state index in [1.54, 1.807) is 0 Å². The Morgan fingerprint density at radius 3 is 2.70 bits per heavy atom. The van der Waals surface area contributed by atoms with Gasteiger partial charge >= 0.3 is 0 Å². The fourth-order valence-corrected chi connectivity index (χ4v) is 0.885. The molecule has 10 heavy (non-hydrogen) atoms. The Kier molecular flexibility index (Phi) is 5.50. The second-order valence-electron chi connectivity index (χ2n) is 1.87. The molecule has 0 radical (unpaired) electrons. The van der Waals surface area contributed by atoms with Crippen molar-refractivity contribution in [3.05, 3.63) is 40.0 Å². The predicted molar refractivity (Wildman–Crippen MR) is 49.9 cm³/mol. The minimum Gasteiger partial charge on any atom is -0.110 e. The van der Waals surface area contributed by atoms with Gasteiger partial charge in [0.2, 0.25) is 0 Å². The van der Waals surface area contributed by atoms with Gasteiger partial charge < -0.3 is 0 Å². The summed E-state index contributed by atoms with van der Waals surface area (Å²) >= 11 is 6.66. The summed E-state index contributed by atoms with van der Waals surface area (Å²) in [5.41, 5.74) is 2.64. The van der Waals surface area contributed by atoms with Crippen LogP contribution in [0.5, 0.6) is 0 Å². The zero-order valence-corrected chi connectivity index (χ0v) is 9.07. The smallest absolute Gasteiger partial charge is 0.110 e. The van der Waals surface area contributed by atoms with Crippen molar-refractivity contribution < 1.29 is 0 Å². The van der Waals surface area contributed by atoms with Crippen molar-refractivity contribution in [3.8, 4) is 0 Å². The first-order chi connectivity index (χ1) is 4.72. The highest BCUT2D eigenvalue weighted by atomic mass is 35.5. The minimum atomic E-state index is 0.643. The number of rotatable bonds is 2. The summed E-state index contributed by atoms with van der Waals surface area (Å²) in [5.74, 6) is 0. The van der Waals surface area contributed by atoms with Crippen LogP contribution in [-0.4, -0.2) is 16.3 Å². The Labute approximate surface area is 75.0 Å². The van der Waals surface area contributed by atoms with Crippen LogP contribution in [-0.2, 0) is 0 Å². The van der Waals surface area contributed by atoms with Gasteiger partial charge in [-0.15, -0.1) is 5.73 Å². The zero-order valence-electron chi connectivity index (χ0n) is 6.32. The molecule has 0 N–H and O–H groups in total. The standard InChI is InChI=1S/C8H8Cl.Al.2H/c1-3-5-6-7-8(9)4-2;;;/h3,5-6H,2H2,1H3;;;/b5-3-,7-6?;;;. The van der Waals surface area contributed by atoms with Gasteiger partial charge in [0.1, 0.15) is 0 Å². The molecule has 0 unspecified atom stereocenters. The highest BCUT2D eigenvalue weighted by Crippen LogP contribution is 2.08. The summed E-state index contributed by atoms with van der Waals surface area (Å²) < 4.78 is 1.12. The Hall–Kier alpha value is -0.178. The van der Waals surface area contributed by atoms with E-state index in [0.29, 0.717) is 5.03 Å². The monoisotopic (exact) mass is 168 g/mol. The molecule has 0 nitrogen and oxygen atoms in total. The molecule has 0 aliphatic carbocycles. The maximum Gasteiger partial charge on any atom is 0.262 e. The molecular formula is C8H10AlCl. The van der Waals surface area contributed by atoms with Crippen molar-refractivity contribution in [2.24, 2.45) is 0 Å². The van der Waals surface area contributed by atoms with Gasteiger partial charge in [0.25, 0.3) is 16.3 Å². The van der Waals surface area contributed by atoms with Crippen molar-refractivity contribution in [3.63, 3.8) is 0 Å². The SMILES string of the molecule is C=C=C(Cl)/[C]([AlH2])=C\C=C/C. The topological polar surface area (TPSA) is 0 Å². The molecule has 0 saturated heterocycles. The van der Waals surface area contributed by atoms with Crippen molar-refractivity contribution in [1.29, 1.82) is 0 Å². The molecule has 0 fully saturated rings. The van der Waals surface area contributed by atoms with Gasteiger partial charge in [0.05, 0.1) is 5.03 Å². The molecule has 0 aromatic rings. The molecule has 0 bridgehead atoms. The van der Waals surface area contributed by atoms with Crippen LogP contribution in [0.3, 0.4) is 0 Å². The molecule has 0 aromatic carbocycles. The molecule has 0 aliphatic rings. The van der Waals surface area contributed by atoms with Crippen LogP contribution in [0.1, 0.15) is 6.92 Å². The second kappa shape index (κ2) is 5.60. The molecule has 0 atom stereocenters. The normalized spacial score (nSPS) is 11.6. The maximum absolute atomic E-state index is 5.73. The highest BCUT2D eigenvalue weighted by Gasteiger charge is 1.89. The molecule has 2 heteroatoms.